The monoisotopic (exact) mass is 365 g/mol. The second-order valence-corrected chi connectivity index (χ2v) is 8.34. The van der Waals surface area contributed by atoms with Crippen molar-refractivity contribution >= 4 is 13.3 Å². The smallest absolute Gasteiger partial charge is 0.371 e. The van der Waals surface area contributed by atoms with Crippen LogP contribution in [0.25, 0.3) is 0 Å². The van der Waals surface area contributed by atoms with Gasteiger partial charge < -0.3 is 14.4 Å². The zero-order valence-electron chi connectivity index (χ0n) is 13.8. The molecule has 1 aromatic carbocycles. The van der Waals surface area contributed by atoms with Crippen LogP contribution < -0.4 is 5.32 Å². The third-order valence-electron chi connectivity index (χ3n) is 4.45. The van der Waals surface area contributed by atoms with Gasteiger partial charge in [-0.3, -0.25) is 4.57 Å². The predicted octanol–water partition coefficient (Wildman–Crippen LogP) is 5.51. The van der Waals surface area contributed by atoms with E-state index in [0.29, 0.717) is 0 Å². The highest BCUT2D eigenvalue weighted by atomic mass is 31.2. The molecule has 1 aliphatic rings. The summed E-state index contributed by atoms with van der Waals surface area (Å²) in [5.74, 6) is -0.643. The molecule has 1 unspecified atom stereocenters. The molecule has 1 aliphatic carbocycles. The van der Waals surface area contributed by atoms with Gasteiger partial charge in [-0.15, -0.1) is 0 Å². The van der Waals surface area contributed by atoms with Crippen molar-refractivity contribution in [1.29, 1.82) is 0 Å². The molecular formula is C16H23F3NO3P. The minimum Gasteiger partial charge on any atom is -0.371 e. The molecule has 136 valence electrons. The van der Waals surface area contributed by atoms with Crippen molar-refractivity contribution in [1.82, 2.24) is 0 Å². The summed E-state index contributed by atoms with van der Waals surface area (Å²) < 4.78 is 61.8. The molecule has 0 spiro atoms. The Labute approximate surface area is 140 Å². The Morgan fingerprint density at radius 3 is 2.33 bits per heavy atom. The van der Waals surface area contributed by atoms with Gasteiger partial charge in [-0.2, -0.15) is 13.2 Å². The van der Waals surface area contributed by atoms with Crippen LogP contribution in [0.2, 0.25) is 0 Å². The average Bonchev–Trinajstić information content (AvgIpc) is 2.59. The SMILES string of the molecule is COP(=O)(OC)C(Nc1cccc(C(F)(F)F)c1)C1CCCCC1. The first-order chi connectivity index (χ1) is 11.3. The van der Waals surface area contributed by atoms with E-state index in [-0.39, 0.29) is 11.6 Å². The van der Waals surface area contributed by atoms with Gasteiger partial charge in [0, 0.05) is 19.9 Å². The largest absolute Gasteiger partial charge is 0.416 e. The van der Waals surface area contributed by atoms with Crippen LogP contribution in [0.3, 0.4) is 0 Å². The molecule has 0 bridgehead atoms. The molecule has 1 fully saturated rings. The lowest BCUT2D eigenvalue weighted by Crippen LogP contribution is -2.32. The molecule has 0 saturated heterocycles. The highest BCUT2D eigenvalue weighted by Gasteiger charge is 2.40. The lowest BCUT2D eigenvalue weighted by atomic mass is 9.89. The highest BCUT2D eigenvalue weighted by Crippen LogP contribution is 2.56. The molecule has 1 N–H and O–H groups in total. The van der Waals surface area contributed by atoms with Gasteiger partial charge in [0.1, 0.15) is 5.78 Å². The van der Waals surface area contributed by atoms with Crippen LogP contribution in [0.15, 0.2) is 24.3 Å². The van der Waals surface area contributed by atoms with Crippen LogP contribution in [-0.2, 0) is 19.8 Å². The van der Waals surface area contributed by atoms with Gasteiger partial charge in [0.15, 0.2) is 0 Å². The summed E-state index contributed by atoms with van der Waals surface area (Å²) >= 11 is 0. The number of benzene rings is 1. The van der Waals surface area contributed by atoms with Crippen molar-refractivity contribution in [2.75, 3.05) is 19.5 Å². The number of hydrogen-bond donors (Lipinski definition) is 1. The molecule has 0 heterocycles. The third-order valence-corrected chi connectivity index (χ3v) is 6.70. The quantitative estimate of drug-likeness (QED) is 0.676. The summed E-state index contributed by atoms with van der Waals surface area (Å²) in [6, 6.07) is 4.88. The number of alkyl halides is 3. The molecular weight excluding hydrogens is 342 g/mol. The van der Waals surface area contributed by atoms with Gasteiger partial charge in [0.25, 0.3) is 0 Å². The van der Waals surface area contributed by atoms with Crippen LogP contribution in [0.1, 0.15) is 37.7 Å². The molecule has 1 aromatic rings. The van der Waals surface area contributed by atoms with Gasteiger partial charge in [-0.05, 0) is 37.0 Å². The Kier molecular flexibility index (Phi) is 6.34. The number of hydrogen-bond acceptors (Lipinski definition) is 4. The van der Waals surface area contributed by atoms with Gasteiger partial charge in [-0.1, -0.05) is 25.3 Å². The summed E-state index contributed by atoms with van der Waals surface area (Å²) in [7, 11) is -0.874. The van der Waals surface area contributed by atoms with E-state index in [0.717, 1.165) is 44.2 Å². The lowest BCUT2D eigenvalue weighted by molar-refractivity contribution is -0.137. The molecule has 4 nitrogen and oxygen atoms in total. The van der Waals surface area contributed by atoms with Crippen molar-refractivity contribution < 1.29 is 26.8 Å². The lowest BCUT2D eigenvalue weighted by Gasteiger charge is -2.34. The summed E-state index contributed by atoms with van der Waals surface area (Å²) in [5, 5.41) is 2.99. The topological polar surface area (TPSA) is 47.6 Å². The summed E-state index contributed by atoms with van der Waals surface area (Å²) in [6.07, 6.45) is 0.361. The first-order valence-electron chi connectivity index (χ1n) is 7.95. The zero-order valence-corrected chi connectivity index (χ0v) is 14.7. The first-order valence-corrected chi connectivity index (χ1v) is 9.56. The van der Waals surface area contributed by atoms with E-state index < -0.39 is 25.1 Å². The van der Waals surface area contributed by atoms with Crippen LogP contribution in [0, 0.1) is 5.92 Å². The normalized spacial score (nSPS) is 18.4. The average molecular weight is 365 g/mol. The number of rotatable bonds is 6. The van der Waals surface area contributed by atoms with Crippen molar-refractivity contribution in [2.45, 2.75) is 44.1 Å². The maximum atomic E-state index is 12.9. The molecule has 1 saturated carbocycles. The van der Waals surface area contributed by atoms with Crippen molar-refractivity contribution in [3.05, 3.63) is 29.8 Å². The predicted molar refractivity (Wildman–Crippen MR) is 87.1 cm³/mol. The fraction of sp³-hybridized carbons (Fsp3) is 0.625. The maximum absolute atomic E-state index is 12.9. The third kappa shape index (κ3) is 4.52. The van der Waals surface area contributed by atoms with E-state index in [1.54, 1.807) is 0 Å². The second-order valence-electron chi connectivity index (χ2n) is 5.97. The van der Waals surface area contributed by atoms with Crippen molar-refractivity contribution in [3.63, 3.8) is 0 Å². The molecule has 0 aliphatic heterocycles. The van der Waals surface area contributed by atoms with Gasteiger partial charge in [0.05, 0.1) is 5.56 Å². The van der Waals surface area contributed by atoms with E-state index in [1.165, 1.54) is 26.4 Å². The van der Waals surface area contributed by atoms with Crippen LogP contribution in [0.4, 0.5) is 18.9 Å². The Bertz CT molecular complexity index is 580. The Morgan fingerprint density at radius 1 is 1.17 bits per heavy atom. The Morgan fingerprint density at radius 2 is 1.79 bits per heavy atom. The van der Waals surface area contributed by atoms with Gasteiger partial charge in [0.2, 0.25) is 0 Å². The maximum Gasteiger partial charge on any atom is 0.416 e. The zero-order chi connectivity index (χ0) is 17.8. The molecule has 2 rings (SSSR count). The molecule has 1 atom stereocenters. The summed E-state index contributed by atoms with van der Waals surface area (Å²) in [5.41, 5.74) is -0.491. The van der Waals surface area contributed by atoms with Gasteiger partial charge in [-0.25, -0.2) is 0 Å². The molecule has 0 amide bonds. The fourth-order valence-corrected chi connectivity index (χ4v) is 4.89. The molecule has 8 heteroatoms. The summed E-state index contributed by atoms with van der Waals surface area (Å²) in [4.78, 5) is 0. The molecule has 0 radical (unpaired) electrons. The first kappa shape index (κ1) is 19.3. The molecule has 24 heavy (non-hydrogen) atoms. The second kappa shape index (κ2) is 7.89. The summed E-state index contributed by atoms with van der Waals surface area (Å²) in [6.45, 7) is 0. The van der Waals surface area contributed by atoms with Crippen molar-refractivity contribution in [3.8, 4) is 0 Å². The number of halogens is 3. The minimum absolute atomic E-state index is 0.0269. The van der Waals surface area contributed by atoms with E-state index in [9.17, 15) is 17.7 Å². The molecule has 0 aromatic heterocycles. The van der Waals surface area contributed by atoms with E-state index in [1.807, 2.05) is 0 Å². The number of nitrogens with one attached hydrogen (secondary N) is 1. The minimum atomic E-state index is -4.43. The van der Waals surface area contributed by atoms with E-state index in [2.05, 4.69) is 5.32 Å². The Hall–Kier alpha value is -1.04. The van der Waals surface area contributed by atoms with Crippen molar-refractivity contribution in [2.24, 2.45) is 5.92 Å². The number of anilines is 1. The van der Waals surface area contributed by atoms with Crippen LogP contribution in [0.5, 0.6) is 0 Å². The van der Waals surface area contributed by atoms with Crippen LogP contribution in [-0.4, -0.2) is 20.0 Å². The highest BCUT2D eigenvalue weighted by molar-refractivity contribution is 7.54. The van der Waals surface area contributed by atoms with E-state index in [4.69, 9.17) is 9.05 Å². The van der Waals surface area contributed by atoms with E-state index >= 15 is 0 Å². The van der Waals surface area contributed by atoms with Gasteiger partial charge >= 0.3 is 13.8 Å². The Balaban J connectivity index is 2.29. The van der Waals surface area contributed by atoms with Crippen LogP contribution >= 0.6 is 7.60 Å². The fourth-order valence-electron chi connectivity index (χ4n) is 3.16. The standard InChI is InChI=1S/C16H23F3NO3P/c1-22-24(21,23-2)15(12-7-4-3-5-8-12)20-14-10-6-9-13(11-14)16(17,18)19/h6,9-12,15,20H,3-5,7-8H2,1-2H3.